The maximum absolute atomic E-state index is 6.07. The summed E-state index contributed by atoms with van der Waals surface area (Å²) < 4.78 is 6.07. The molecule has 3 aliphatic rings. The Balaban J connectivity index is 1.75. The normalized spacial score (nSPS) is 40.5. The van der Waals surface area contributed by atoms with Gasteiger partial charge in [-0.25, -0.2) is 0 Å². The van der Waals surface area contributed by atoms with Crippen LogP contribution in [-0.4, -0.2) is 36.8 Å². The molecule has 2 nitrogen and oxygen atoms in total. The Labute approximate surface area is 102 Å². The van der Waals surface area contributed by atoms with Crippen molar-refractivity contribution in [3.63, 3.8) is 0 Å². The van der Waals surface area contributed by atoms with Crippen LogP contribution in [0.4, 0.5) is 0 Å². The number of nitrogens with one attached hydrogen (secondary N) is 1. The quantitative estimate of drug-likeness (QED) is 0.656. The van der Waals surface area contributed by atoms with Crippen molar-refractivity contribution in [2.45, 2.75) is 37.7 Å². The van der Waals surface area contributed by atoms with Crippen molar-refractivity contribution < 1.29 is 4.74 Å². The molecule has 0 bridgehead atoms. The molecule has 3 rings (SSSR count). The number of rotatable bonds is 0. The molecule has 0 aromatic carbocycles. The van der Waals surface area contributed by atoms with Crippen LogP contribution < -0.4 is 5.32 Å². The van der Waals surface area contributed by atoms with Gasteiger partial charge in [-0.2, -0.15) is 11.8 Å². The number of thioether (sulfide) groups is 1. The molecule has 3 saturated heterocycles. The second kappa shape index (κ2) is 4.71. The summed E-state index contributed by atoms with van der Waals surface area (Å²) in [4.78, 5) is 0. The lowest BCUT2D eigenvalue weighted by Crippen LogP contribution is -2.38. The number of hydrogen-bond acceptors (Lipinski definition) is 3. The Hall–Kier alpha value is 0.01000. The largest absolute Gasteiger partial charge is 0.373 e. The van der Waals surface area contributed by atoms with Crippen molar-refractivity contribution in [2.75, 3.05) is 31.2 Å². The minimum Gasteiger partial charge on any atom is -0.373 e. The summed E-state index contributed by atoms with van der Waals surface area (Å²) in [6.45, 7) is 3.30. The van der Waals surface area contributed by atoms with Gasteiger partial charge in [0.25, 0.3) is 0 Å². The fraction of sp³-hybridized carbons (Fsp3) is 0.846. The van der Waals surface area contributed by atoms with E-state index in [-0.39, 0.29) is 5.60 Å². The molecule has 0 aliphatic carbocycles. The van der Waals surface area contributed by atoms with Crippen LogP contribution in [0.2, 0.25) is 0 Å². The third-order valence-corrected chi connectivity index (χ3v) is 5.31. The molecule has 3 fully saturated rings. The van der Waals surface area contributed by atoms with Crippen LogP contribution in [0.3, 0.4) is 0 Å². The van der Waals surface area contributed by atoms with Gasteiger partial charge in [-0.15, -0.1) is 0 Å². The number of ether oxygens (including phenoxy) is 1. The van der Waals surface area contributed by atoms with E-state index in [9.17, 15) is 0 Å². The van der Waals surface area contributed by atoms with Gasteiger partial charge < -0.3 is 10.1 Å². The van der Waals surface area contributed by atoms with Gasteiger partial charge in [0, 0.05) is 12.3 Å². The average molecular weight is 239 g/mol. The zero-order valence-corrected chi connectivity index (χ0v) is 10.7. The molecule has 0 radical (unpaired) electrons. The molecule has 1 unspecified atom stereocenters. The minimum atomic E-state index is 0.225. The predicted octanol–water partition coefficient (Wildman–Crippen LogP) is 2.35. The van der Waals surface area contributed by atoms with E-state index in [1.54, 1.807) is 11.1 Å². The van der Waals surface area contributed by atoms with E-state index in [0.717, 1.165) is 13.2 Å². The van der Waals surface area contributed by atoms with E-state index in [2.05, 4.69) is 17.1 Å². The number of hydrogen-bond donors (Lipinski definition) is 1. The molecule has 3 aliphatic heterocycles. The second-order valence-corrected chi connectivity index (χ2v) is 6.35. The molecule has 0 aromatic rings. The van der Waals surface area contributed by atoms with Gasteiger partial charge in [-0.05, 0) is 44.4 Å². The van der Waals surface area contributed by atoms with Gasteiger partial charge in [-0.3, -0.25) is 0 Å². The Kier molecular flexibility index (Phi) is 3.27. The molecule has 3 heteroatoms. The van der Waals surface area contributed by atoms with Crippen LogP contribution in [0.5, 0.6) is 0 Å². The van der Waals surface area contributed by atoms with Crippen LogP contribution in [0, 0.1) is 0 Å². The summed E-state index contributed by atoms with van der Waals surface area (Å²) in [7, 11) is 0. The first-order chi connectivity index (χ1) is 7.88. The average Bonchev–Trinajstić information content (AvgIpc) is 2.78. The first-order valence-electron chi connectivity index (χ1n) is 6.50. The van der Waals surface area contributed by atoms with Crippen molar-refractivity contribution in [3.8, 4) is 0 Å². The van der Waals surface area contributed by atoms with Gasteiger partial charge >= 0.3 is 0 Å². The SMILES string of the molecule is C1CNCC(=C2CCOC3(CCSC3)C2)C1. The highest BCUT2D eigenvalue weighted by molar-refractivity contribution is 7.99. The van der Waals surface area contributed by atoms with Crippen molar-refractivity contribution in [2.24, 2.45) is 0 Å². The standard InChI is InChI=1S/C13H21NOS/c1-2-12(9-14-5-1)11-3-6-15-13(8-11)4-7-16-10-13/h14H,1-10H2. The van der Waals surface area contributed by atoms with Crippen LogP contribution in [0.15, 0.2) is 11.1 Å². The van der Waals surface area contributed by atoms with Crippen LogP contribution in [0.1, 0.15) is 32.1 Å². The third-order valence-electron chi connectivity index (χ3n) is 4.09. The molecule has 0 aromatic heterocycles. The Morgan fingerprint density at radius 2 is 2.25 bits per heavy atom. The molecule has 90 valence electrons. The smallest absolute Gasteiger partial charge is 0.0817 e. The molecular formula is C13H21NOS. The molecule has 1 N–H and O–H groups in total. The number of piperidine rings is 1. The maximum atomic E-state index is 6.07. The van der Waals surface area contributed by atoms with E-state index in [1.807, 2.05) is 0 Å². The lowest BCUT2D eigenvalue weighted by Gasteiger charge is -2.36. The summed E-state index contributed by atoms with van der Waals surface area (Å²) >= 11 is 2.06. The van der Waals surface area contributed by atoms with E-state index < -0.39 is 0 Å². The zero-order valence-electron chi connectivity index (χ0n) is 9.89. The van der Waals surface area contributed by atoms with Gasteiger partial charge in [0.05, 0.1) is 12.2 Å². The molecule has 1 spiro atoms. The summed E-state index contributed by atoms with van der Waals surface area (Å²) in [6, 6.07) is 0. The van der Waals surface area contributed by atoms with Gasteiger partial charge in [0.15, 0.2) is 0 Å². The third kappa shape index (κ3) is 2.18. The molecule has 0 saturated carbocycles. The van der Waals surface area contributed by atoms with Crippen LogP contribution in [0.25, 0.3) is 0 Å². The first kappa shape index (κ1) is 11.1. The molecule has 3 heterocycles. The highest BCUT2D eigenvalue weighted by Gasteiger charge is 2.39. The summed E-state index contributed by atoms with van der Waals surface area (Å²) in [6.07, 6.45) is 6.31. The minimum absolute atomic E-state index is 0.225. The summed E-state index contributed by atoms with van der Waals surface area (Å²) in [5.74, 6) is 2.51. The van der Waals surface area contributed by atoms with Crippen molar-refractivity contribution >= 4 is 11.8 Å². The molecular weight excluding hydrogens is 218 g/mol. The van der Waals surface area contributed by atoms with E-state index in [0.29, 0.717) is 0 Å². The molecule has 0 amide bonds. The summed E-state index contributed by atoms with van der Waals surface area (Å²) in [5.41, 5.74) is 3.65. The first-order valence-corrected chi connectivity index (χ1v) is 7.66. The lowest BCUT2D eigenvalue weighted by atomic mass is 9.85. The fourth-order valence-corrected chi connectivity index (χ4v) is 4.48. The van der Waals surface area contributed by atoms with E-state index in [1.165, 1.54) is 50.2 Å². The monoisotopic (exact) mass is 239 g/mol. The van der Waals surface area contributed by atoms with E-state index in [4.69, 9.17) is 4.74 Å². The van der Waals surface area contributed by atoms with Crippen molar-refractivity contribution in [1.29, 1.82) is 0 Å². The second-order valence-electron chi connectivity index (χ2n) is 5.25. The van der Waals surface area contributed by atoms with E-state index >= 15 is 0 Å². The lowest BCUT2D eigenvalue weighted by molar-refractivity contribution is -0.0418. The topological polar surface area (TPSA) is 21.3 Å². The Morgan fingerprint density at radius 3 is 3.00 bits per heavy atom. The zero-order chi connectivity index (χ0) is 10.8. The Morgan fingerprint density at radius 1 is 1.25 bits per heavy atom. The Bertz CT molecular complexity index is 286. The highest BCUT2D eigenvalue weighted by Crippen LogP contribution is 2.41. The van der Waals surface area contributed by atoms with Crippen LogP contribution in [-0.2, 0) is 4.74 Å². The van der Waals surface area contributed by atoms with Crippen molar-refractivity contribution in [3.05, 3.63) is 11.1 Å². The summed E-state index contributed by atoms with van der Waals surface area (Å²) in [5, 5.41) is 3.51. The van der Waals surface area contributed by atoms with Gasteiger partial charge in [0.2, 0.25) is 0 Å². The van der Waals surface area contributed by atoms with Gasteiger partial charge in [0.1, 0.15) is 0 Å². The predicted molar refractivity (Wildman–Crippen MR) is 69.0 cm³/mol. The molecule has 1 atom stereocenters. The van der Waals surface area contributed by atoms with Gasteiger partial charge in [-0.1, -0.05) is 11.1 Å². The maximum Gasteiger partial charge on any atom is 0.0817 e. The fourth-order valence-electron chi connectivity index (χ4n) is 3.12. The van der Waals surface area contributed by atoms with Crippen LogP contribution >= 0.6 is 11.8 Å². The molecule has 16 heavy (non-hydrogen) atoms. The van der Waals surface area contributed by atoms with Crippen molar-refractivity contribution in [1.82, 2.24) is 5.32 Å². The highest BCUT2D eigenvalue weighted by atomic mass is 32.2.